The number of benzene rings is 2. The Kier molecular flexibility index (Phi) is 5.39. The molecule has 144 valence electrons. The van der Waals surface area contributed by atoms with E-state index in [-0.39, 0.29) is 0 Å². The Morgan fingerprint density at radius 1 is 0.893 bits per heavy atom. The summed E-state index contributed by atoms with van der Waals surface area (Å²) in [5.74, 6) is 1.33. The second kappa shape index (κ2) is 8.27. The quantitative estimate of drug-likeness (QED) is 0.688. The van der Waals surface area contributed by atoms with E-state index in [9.17, 15) is 0 Å². The minimum Gasteiger partial charge on any atom is -0.378 e. The third-order valence-corrected chi connectivity index (χ3v) is 4.89. The molecule has 0 aliphatic carbocycles. The van der Waals surface area contributed by atoms with Gasteiger partial charge in [0.1, 0.15) is 5.82 Å². The molecule has 1 aliphatic heterocycles. The minimum absolute atomic E-state index is 0.567. The molecule has 0 amide bonds. The first-order chi connectivity index (χ1) is 13.7. The second-order valence-electron chi connectivity index (χ2n) is 6.90. The van der Waals surface area contributed by atoms with Gasteiger partial charge in [0.05, 0.1) is 24.6 Å². The van der Waals surface area contributed by atoms with Gasteiger partial charge in [0.25, 0.3) is 0 Å². The van der Waals surface area contributed by atoms with Crippen molar-refractivity contribution >= 4 is 28.8 Å². The van der Waals surface area contributed by atoms with Crippen LogP contribution in [0.3, 0.4) is 0 Å². The van der Waals surface area contributed by atoms with Crippen LogP contribution in [0.4, 0.5) is 28.8 Å². The molecular formula is C22H25N5O. The number of hydrogen-bond donors (Lipinski definition) is 2. The first-order valence-electron chi connectivity index (χ1n) is 9.56. The van der Waals surface area contributed by atoms with Crippen LogP contribution >= 0.6 is 0 Å². The zero-order valence-electron chi connectivity index (χ0n) is 16.3. The zero-order valence-corrected chi connectivity index (χ0v) is 16.3. The molecule has 28 heavy (non-hydrogen) atoms. The van der Waals surface area contributed by atoms with Crippen molar-refractivity contribution in [3.63, 3.8) is 0 Å². The number of rotatable bonds is 5. The average molecular weight is 375 g/mol. The minimum atomic E-state index is 0.567. The summed E-state index contributed by atoms with van der Waals surface area (Å²) >= 11 is 0. The van der Waals surface area contributed by atoms with E-state index in [1.165, 1.54) is 11.1 Å². The van der Waals surface area contributed by atoms with Gasteiger partial charge in [-0.3, -0.25) is 0 Å². The molecule has 0 spiro atoms. The highest BCUT2D eigenvalue weighted by molar-refractivity contribution is 5.74. The van der Waals surface area contributed by atoms with Gasteiger partial charge in [0, 0.05) is 25.0 Å². The molecule has 4 rings (SSSR count). The fraction of sp³-hybridized carbons (Fsp3) is 0.273. The van der Waals surface area contributed by atoms with Crippen molar-refractivity contribution in [2.45, 2.75) is 13.8 Å². The molecule has 0 bridgehead atoms. The lowest BCUT2D eigenvalue weighted by molar-refractivity contribution is 0.123. The summed E-state index contributed by atoms with van der Waals surface area (Å²) < 4.78 is 5.48. The third-order valence-electron chi connectivity index (χ3n) is 4.89. The average Bonchev–Trinajstić information content (AvgIpc) is 2.72. The van der Waals surface area contributed by atoms with Gasteiger partial charge in [-0.05, 0) is 43.2 Å². The number of nitrogens with one attached hydrogen (secondary N) is 2. The van der Waals surface area contributed by atoms with E-state index < -0.39 is 0 Å². The number of hydrogen-bond acceptors (Lipinski definition) is 6. The Balaban J connectivity index is 1.56. The molecule has 0 saturated carbocycles. The van der Waals surface area contributed by atoms with Crippen LogP contribution in [0, 0.1) is 13.8 Å². The molecule has 0 radical (unpaired) electrons. The van der Waals surface area contributed by atoms with Gasteiger partial charge in [-0.1, -0.05) is 30.3 Å². The van der Waals surface area contributed by atoms with Crippen LogP contribution in [0.25, 0.3) is 0 Å². The summed E-state index contributed by atoms with van der Waals surface area (Å²) in [6.45, 7) is 7.45. The molecule has 6 heteroatoms. The van der Waals surface area contributed by atoms with Crippen molar-refractivity contribution in [2.75, 3.05) is 41.8 Å². The number of para-hydroxylation sites is 3. The Morgan fingerprint density at radius 3 is 2.43 bits per heavy atom. The van der Waals surface area contributed by atoms with Gasteiger partial charge in [-0.25, -0.2) is 4.98 Å². The van der Waals surface area contributed by atoms with E-state index in [0.29, 0.717) is 5.95 Å². The zero-order chi connectivity index (χ0) is 19.3. The third kappa shape index (κ3) is 4.07. The molecule has 2 N–H and O–H groups in total. The van der Waals surface area contributed by atoms with E-state index in [1.807, 2.05) is 12.1 Å². The lowest BCUT2D eigenvalue weighted by Crippen LogP contribution is -2.36. The van der Waals surface area contributed by atoms with Gasteiger partial charge in [0.2, 0.25) is 5.95 Å². The van der Waals surface area contributed by atoms with E-state index in [4.69, 9.17) is 4.74 Å². The van der Waals surface area contributed by atoms with Crippen LogP contribution in [0.1, 0.15) is 11.1 Å². The van der Waals surface area contributed by atoms with Crippen LogP contribution in [-0.4, -0.2) is 36.3 Å². The predicted molar refractivity (Wildman–Crippen MR) is 114 cm³/mol. The van der Waals surface area contributed by atoms with Crippen LogP contribution in [-0.2, 0) is 4.74 Å². The number of nitrogens with zero attached hydrogens (tertiary/aromatic N) is 3. The molecule has 1 saturated heterocycles. The molecule has 2 aromatic carbocycles. The van der Waals surface area contributed by atoms with Gasteiger partial charge in [-0.15, -0.1) is 0 Å². The maximum absolute atomic E-state index is 5.48. The summed E-state index contributed by atoms with van der Waals surface area (Å²) in [4.78, 5) is 11.4. The molecule has 1 aromatic heterocycles. The standard InChI is InChI=1S/C22H25N5O/c1-16-6-5-7-17(2)21(16)25-20-10-11-23-22(26-20)24-18-8-3-4-9-19(18)27-12-14-28-15-13-27/h3-11H,12-15H2,1-2H3,(H2,23,24,25,26). The van der Waals surface area contributed by atoms with Crippen molar-refractivity contribution in [3.8, 4) is 0 Å². The number of aryl methyl sites for hydroxylation is 2. The van der Waals surface area contributed by atoms with Crippen LogP contribution in [0.5, 0.6) is 0 Å². The molecular weight excluding hydrogens is 350 g/mol. The van der Waals surface area contributed by atoms with E-state index >= 15 is 0 Å². The maximum atomic E-state index is 5.48. The summed E-state index contributed by atoms with van der Waals surface area (Å²) in [6, 6.07) is 16.4. The highest BCUT2D eigenvalue weighted by Gasteiger charge is 2.15. The van der Waals surface area contributed by atoms with Crippen molar-refractivity contribution in [1.82, 2.24) is 9.97 Å². The van der Waals surface area contributed by atoms with Crippen LogP contribution in [0.15, 0.2) is 54.7 Å². The number of ether oxygens (including phenoxy) is 1. The van der Waals surface area contributed by atoms with Crippen molar-refractivity contribution < 1.29 is 4.74 Å². The normalized spacial score (nSPS) is 14.0. The molecule has 6 nitrogen and oxygen atoms in total. The SMILES string of the molecule is Cc1cccc(C)c1Nc1ccnc(Nc2ccccc2N2CCOCC2)n1. The largest absolute Gasteiger partial charge is 0.378 e. The highest BCUT2D eigenvalue weighted by Crippen LogP contribution is 2.29. The van der Waals surface area contributed by atoms with E-state index in [1.54, 1.807) is 6.20 Å². The van der Waals surface area contributed by atoms with E-state index in [2.05, 4.69) is 75.7 Å². The molecule has 0 unspecified atom stereocenters. The lowest BCUT2D eigenvalue weighted by Gasteiger charge is -2.30. The second-order valence-corrected chi connectivity index (χ2v) is 6.90. The fourth-order valence-electron chi connectivity index (χ4n) is 3.41. The number of morpholine rings is 1. The smallest absolute Gasteiger partial charge is 0.229 e. The molecule has 1 fully saturated rings. The van der Waals surface area contributed by atoms with Crippen molar-refractivity contribution in [3.05, 3.63) is 65.9 Å². The fourth-order valence-corrected chi connectivity index (χ4v) is 3.41. The van der Waals surface area contributed by atoms with Crippen molar-refractivity contribution in [2.24, 2.45) is 0 Å². The summed E-state index contributed by atoms with van der Waals surface area (Å²) in [6.07, 6.45) is 1.77. The Labute approximate surface area is 165 Å². The molecule has 1 aliphatic rings. The summed E-state index contributed by atoms with van der Waals surface area (Å²) in [7, 11) is 0. The van der Waals surface area contributed by atoms with Gasteiger partial charge in [0.15, 0.2) is 0 Å². The monoisotopic (exact) mass is 375 g/mol. The van der Waals surface area contributed by atoms with Gasteiger partial charge in [-0.2, -0.15) is 4.98 Å². The summed E-state index contributed by atoms with van der Waals surface area (Å²) in [5, 5.41) is 6.81. The number of anilines is 5. The Hall–Kier alpha value is -3.12. The van der Waals surface area contributed by atoms with Crippen molar-refractivity contribution in [1.29, 1.82) is 0 Å². The van der Waals surface area contributed by atoms with Crippen LogP contribution in [0.2, 0.25) is 0 Å². The lowest BCUT2D eigenvalue weighted by atomic mass is 10.1. The Bertz CT molecular complexity index is 933. The topological polar surface area (TPSA) is 62.3 Å². The summed E-state index contributed by atoms with van der Waals surface area (Å²) in [5.41, 5.74) is 5.59. The molecule has 0 atom stereocenters. The first kappa shape index (κ1) is 18.3. The molecule has 3 aromatic rings. The first-order valence-corrected chi connectivity index (χ1v) is 9.56. The predicted octanol–water partition coefficient (Wildman–Crippen LogP) is 4.42. The Morgan fingerprint density at radius 2 is 1.64 bits per heavy atom. The van der Waals surface area contributed by atoms with Crippen LogP contribution < -0.4 is 15.5 Å². The number of aromatic nitrogens is 2. The highest BCUT2D eigenvalue weighted by atomic mass is 16.5. The van der Waals surface area contributed by atoms with Gasteiger partial charge >= 0.3 is 0 Å². The maximum Gasteiger partial charge on any atom is 0.229 e. The van der Waals surface area contributed by atoms with Gasteiger partial charge < -0.3 is 20.3 Å². The molecule has 2 heterocycles. The van der Waals surface area contributed by atoms with E-state index in [0.717, 1.165) is 49.2 Å².